The maximum absolute atomic E-state index is 10.7. The normalized spacial score (nSPS) is 24.3. The average Bonchev–Trinajstić information content (AvgIpc) is 2.55. The van der Waals surface area contributed by atoms with Gasteiger partial charge in [0.15, 0.2) is 0 Å². The first-order chi connectivity index (χ1) is 10.1. The number of ether oxygens (including phenoxy) is 2. The maximum atomic E-state index is 10.7. The highest BCUT2D eigenvalue weighted by molar-refractivity contribution is 7.79. The Bertz CT molecular complexity index is 297. The first-order valence-corrected chi connectivity index (χ1v) is 8.62. The number of hydrogen-bond donors (Lipinski definition) is 1. The van der Waals surface area contributed by atoms with Crippen LogP contribution in [0.2, 0.25) is 0 Å². The number of carbonyl (C=O) groups excluding carboxylic acids is 1. The molecule has 2 N–H and O–H groups in total. The van der Waals surface area contributed by atoms with Gasteiger partial charge in [0.25, 0.3) is 0 Å². The zero-order valence-electron chi connectivity index (χ0n) is 12.6. The summed E-state index contributed by atoms with van der Waals surface area (Å²) in [5.41, 5.74) is 0. The van der Waals surface area contributed by atoms with E-state index >= 15 is 0 Å². The molecule has 0 aromatic rings. The Morgan fingerprint density at radius 3 is 2.19 bits per heavy atom. The molecule has 0 bridgehead atoms. The molecule has 2 rings (SSSR count). The number of aldehydes is 1. The summed E-state index contributed by atoms with van der Waals surface area (Å²) in [4.78, 5) is 12.7. The molecule has 3 unspecified atom stereocenters. The summed E-state index contributed by atoms with van der Waals surface area (Å²) in [5.74, 6) is -0.249. The second-order valence-electron chi connectivity index (χ2n) is 5.16. The van der Waals surface area contributed by atoms with Gasteiger partial charge in [-0.1, -0.05) is 18.0 Å². The smallest absolute Gasteiger partial charge is 0.124 e. The van der Waals surface area contributed by atoms with Crippen LogP contribution in [0.5, 0.6) is 0 Å². The zero-order chi connectivity index (χ0) is 15.5. The van der Waals surface area contributed by atoms with E-state index in [4.69, 9.17) is 9.47 Å². The molecule has 0 aromatic carbocycles. The number of nitrogens with zero attached hydrogens (tertiary/aromatic N) is 1. The molecule has 7 nitrogen and oxygen atoms in total. The molecule has 0 aliphatic carbocycles. The van der Waals surface area contributed by atoms with Gasteiger partial charge in [-0.3, -0.25) is 9.11 Å². The lowest BCUT2D eigenvalue weighted by Gasteiger charge is -2.36. The summed E-state index contributed by atoms with van der Waals surface area (Å²) in [6, 6.07) is -0.218. The van der Waals surface area contributed by atoms with Crippen molar-refractivity contribution >= 4 is 17.4 Å². The lowest BCUT2D eigenvalue weighted by molar-refractivity contribution is -0.670. The van der Waals surface area contributed by atoms with Crippen molar-refractivity contribution in [3.8, 4) is 0 Å². The average molecular weight is 322 g/mol. The molecule has 0 aromatic heterocycles. The van der Waals surface area contributed by atoms with Crippen molar-refractivity contribution in [2.45, 2.75) is 13.0 Å². The Hall–Kier alpha value is -0.380. The predicted molar refractivity (Wildman–Crippen MR) is 77.7 cm³/mol. The molecule has 124 valence electrons. The minimum absolute atomic E-state index is 0.0138. The molecule has 0 spiro atoms. The fourth-order valence-corrected chi connectivity index (χ4v) is 3.10. The van der Waals surface area contributed by atoms with Crippen molar-refractivity contribution in [1.29, 1.82) is 0 Å². The highest BCUT2D eigenvalue weighted by Gasteiger charge is 2.25. The lowest BCUT2D eigenvalue weighted by atomic mass is 10.0. The molecule has 2 aliphatic heterocycles. The van der Waals surface area contributed by atoms with Gasteiger partial charge in [-0.05, 0) is 0 Å². The van der Waals surface area contributed by atoms with Crippen LogP contribution in [0.4, 0.5) is 0 Å². The van der Waals surface area contributed by atoms with Crippen molar-refractivity contribution in [3.63, 3.8) is 0 Å². The van der Waals surface area contributed by atoms with E-state index in [0.717, 1.165) is 32.6 Å². The molecule has 3 atom stereocenters. The Kier molecular flexibility index (Phi) is 9.98. The Morgan fingerprint density at radius 1 is 1.24 bits per heavy atom. The number of nitrogens with two attached hydrogens (primary N) is 1. The molecule has 2 saturated heterocycles. The molecule has 2 heterocycles. The van der Waals surface area contributed by atoms with Crippen LogP contribution in [-0.4, -0.2) is 84.3 Å². The van der Waals surface area contributed by atoms with Crippen LogP contribution in [0.15, 0.2) is 0 Å². The number of quaternary nitrogens is 1. The summed E-state index contributed by atoms with van der Waals surface area (Å²) in [6.07, 6.45) is 0.812. The first-order valence-electron chi connectivity index (χ1n) is 7.37. The minimum Gasteiger partial charge on any atom is -0.772 e. The van der Waals surface area contributed by atoms with Crippen LogP contribution < -0.4 is 5.32 Å². The Morgan fingerprint density at radius 2 is 1.81 bits per heavy atom. The fraction of sp³-hybridized carbons (Fsp3) is 0.923. The molecule has 0 radical (unpaired) electrons. The molecule has 2 fully saturated rings. The summed E-state index contributed by atoms with van der Waals surface area (Å²) < 4.78 is 31.6. The van der Waals surface area contributed by atoms with E-state index in [1.54, 1.807) is 6.92 Å². The largest absolute Gasteiger partial charge is 0.772 e. The summed E-state index contributed by atoms with van der Waals surface area (Å²) in [5, 5.41) is 2.27. The zero-order valence-corrected chi connectivity index (χ0v) is 13.4. The lowest BCUT2D eigenvalue weighted by Crippen LogP contribution is -2.87. The van der Waals surface area contributed by atoms with Crippen LogP contribution in [0.1, 0.15) is 6.92 Å². The quantitative estimate of drug-likeness (QED) is 0.464. The monoisotopic (exact) mass is 322 g/mol. The van der Waals surface area contributed by atoms with E-state index in [9.17, 15) is 13.6 Å². The van der Waals surface area contributed by atoms with E-state index in [1.165, 1.54) is 0 Å². The van der Waals surface area contributed by atoms with Crippen molar-refractivity contribution < 1.29 is 28.3 Å². The number of rotatable bonds is 5. The highest BCUT2D eigenvalue weighted by atomic mass is 32.2. The van der Waals surface area contributed by atoms with Gasteiger partial charge in [0.1, 0.15) is 6.29 Å². The molecule has 0 saturated carbocycles. The fourth-order valence-electron chi connectivity index (χ4n) is 2.31. The predicted octanol–water partition coefficient (Wildman–Crippen LogP) is -2.02. The van der Waals surface area contributed by atoms with Gasteiger partial charge in [0, 0.05) is 30.8 Å². The van der Waals surface area contributed by atoms with Gasteiger partial charge in [-0.2, -0.15) is 0 Å². The van der Waals surface area contributed by atoms with Gasteiger partial charge in [-0.25, -0.2) is 0 Å². The Balaban J connectivity index is 0.000000304. The van der Waals surface area contributed by atoms with Crippen LogP contribution >= 0.6 is 0 Å². The topological polar surface area (TPSA) is 95.5 Å². The summed E-state index contributed by atoms with van der Waals surface area (Å²) in [7, 11) is 0. The van der Waals surface area contributed by atoms with Crippen LogP contribution in [0.25, 0.3) is 0 Å². The second-order valence-corrected chi connectivity index (χ2v) is 6.10. The highest BCUT2D eigenvalue weighted by Crippen LogP contribution is 2.12. The van der Waals surface area contributed by atoms with Crippen molar-refractivity contribution in [3.05, 3.63) is 0 Å². The number of carbonyl (C=O) groups is 1. The van der Waals surface area contributed by atoms with Crippen LogP contribution in [0.3, 0.4) is 0 Å². The van der Waals surface area contributed by atoms with Gasteiger partial charge in [0.2, 0.25) is 0 Å². The van der Waals surface area contributed by atoms with Crippen molar-refractivity contribution in [2.75, 3.05) is 58.4 Å². The molecular weight excluding hydrogens is 296 g/mol. The third-order valence-electron chi connectivity index (χ3n) is 3.58. The van der Waals surface area contributed by atoms with Crippen LogP contribution in [-0.2, 0) is 25.3 Å². The molecule has 0 amide bonds. The molecule has 2 aliphatic rings. The maximum Gasteiger partial charge on any atom is 0.124 e. The summed E-state index contributed by atoms with van der Waals surface area (Å²) in [6.45, 7) is 8.54. The van der Waals surface area contributed by atoms with E-state index in [2.05, 4.69) is 5.32 Å². The van der Waals surface area contributed by atoms with Gasteiger partial charge < -0.3 is 24.1 Å². The van der Waals surface area contributed by atoms with Crippen molar-refractivity contribution in [1.82, 2.24) is 4.90 Å². The molecule has 8 heteroatoms. The molecule has 21 heavy (non-hydrogen) atoms. The number of hydrogen-bond acceptors (Lipinski definition) is 6. The second kappa shape index (κ2) is 11.2. The van der Waals surface area contributed by atoms with Gasteiger partial charge in [0.05, 0.1) is 39.5 Å². The van der Waals surface area contributed by atoms with Crippen LogP contribution in [0, 0.1) is 5.92 Å². The SMILES string of the molecule is C1COCC[NH2+]1.CC(C=O)C(CS(=O)[O-])N1CCOCC1. The molecular formula is C13H26N2O5S. The van der Waals surface area contributed by atoms with Gasteiger partial charge in [-0.15, -0.1) is 0 Å². The summed E-state index contributed by atoms with van der Waals surface area (Å²) >= 11 is -2.11. The third-order valence-corrected chi connectivity index (χ3v) is 4.19. The van der Waals surface area contributed by atoms with E-state index in [1.807, 2.05) is 4.90 Å². The minimum atomic E-state index is -2.11. The van der Waals surface area contributed by atoms with E-state index in [-0.39, 0.29) is 17.7 Å². The van der Waals surface area contributed by atoms with E-state index < -0.39 is 11.1 Å². The van der Waals surface area contributed by atoms with Gasteiger partial charge >= 0.3 is 0 Å². The number of morpholine rings is 2. The standard InChI is InChI=1S/C9H17NO4S.C4H9NO/c1-8(6-11)9(7-15(12)13)10-2-4-14-5-3-10;1-3-6-4-2-5-1/h6,8-9H,2-5,7H2,1H3,(H,12,13);5H,1-4H2. The third kappa shape index (κ3) is 7.98. The van der Waals surface area contributed by atoms with Crippen molar-refractivity contribution in [2.24, 2.45) is 5.92 Å². The Labute approximate surface area is 128 Å². The van der Waals surface area contributed by atoms with E-state index in [0.29, 0.717) is 26.3 Å². The first kappa shape index (κ1) is 18.7.